The molecule has 0 spiro atoms. The number of carbonyl (C=O) groups is 2. The summed E-state index contributed by atoms with van der Waals surface area (Å²) in [4.78, 5) is 30.7. The van der Waals surface area contributed by atoms with E-state index < -0.39 is 22.0 Å². The number of hydrogen-bond donors (Lipinski definition) is 3. The van der Waals surface area contributed by atoms with E-state index in [1.165, 1.54) is 19.4 Å². The Hall–Kier alpha value is -3.36. The van der Waals surface area contributed by atoms with Crippen LogP contribution in [0.1, 0.15) is 93.9 Å². The number of sulfonamides is 1. The first-order valence-electron chi connectivity index (χ1n) is 17.1. The van der Waals surface area contributed by atoms with Crippen molar-refractivity contribution in [2.45, 2.75) is 115 Å². The molecule has 0 bridgehead atoms. The number of urea groups is 1. The average molecular weight is 692 g/mol. The second kappa shape index (κ2) is 16.8. The van der Waals surface area contributed by atoms with Crippen LogP contribution < -0.4 is 14.8 Å². The molecule has 1 fully saturated rings. The molecular formula is C34H53N5O8S. The number of aliphatic hydroxyl groups excluding tert-OH is 1. The Bertz CT molecular complexity index is 1470. The van der Waals surface area contributed by atoms with E-state index >= 15 is 0 Å². The van der Waals surface area contributed by atoms with Crippen LogP contribution in [0.5, 0.6) is 5.75 Å². The Morgan fingerprint density at radius 2 is 1.83 bits per heavy atom. The van der Waals surface area contributed by atoms with E-state index in [2.05, 4.69) is 15.2 Å². The first-order valence-corrected chi connectivity index (χ1v) is 18.6. The fourth-order valence-corrected chi connectivity index (χ4v) is 7.78. The first-order chi connectivity index (χ1) is 22.8. The zero-order valence-corrected chi connectivity index (χ0v) is 30.0. The third kappa shape index (κ3) is 9.63. The smallest absolute Gasteiger partial charge is 0.317 e. The molecule has 1 saturated carbocycles. The molecular weight excluding hydrogens is 638 g/mol. The maximum absolute atomic E-state index is 14.4. The number of nitrogens with one attached hydrogen (secondary N) is 2. The van der Waals surface area contributed by atoms with Gasteiger partial charge in [0.25, 0.3) is 15.9 Å². The minimum atomic E-state index is -4.08. The third-order valence-corrected chi connectivity index (χ3v) is 10.9. The lowest BCUT2D eigenvalue weighted by atomic mass is 9.96. The molecule has 3 N–H and O–H groups in total. The van der Waals surface area contributed by atoms with Crippen molar-refractivity contribution >= 4 is 27.6 Å². The van der Waals surface area contributed by atoms with Crippen molar-refractivity contribution in [2.75, 3.05) is 38.1 Å². The quantitative estimate of drug-likeness (QED) is 0.351. The molecule has 0 saturated heterocycles. The Morgan fingerprint density at radius 3 is 2.50 bits per heavy atom. The molecule has 4 atom stereocenters. The Balaban J connectivity index is 1.62. The highest BCUT2D eigenvalue weighted by molar-refractivity contribution is 7.92. The lowest BCUT2D eigenvalue weighted by molar-refractivity contribution is -0.0123. The van der Waals surface area contributed by atoms with Crippen LogP contribution in [0.2, 0.25) is 0 Å². The number of amides is 3. The number of aliphatic hydroxyl groups is 1. The molecule has 1 aliphatic carbocycles. The fourth-order valence-electron chi connectivity index (χ4n) is 6.40. The minimum absolute atomic E-state index is 0.0634. The van der Waals surface area contributed by atoms with Crippen molar-refractivity contribution in [3.63, 3.8) is 0 Å². The number of aryl methyl sites for hydroxylation is 2. The summed E-state index contributed by atoms with van der Waals surface area (Å²) in [6.45, 7) is 9.46. The zero-order chi connectivity index (χ0) is 35.0. The SMILES string of the molecule is Cc1noc(C)c1S(=O)(=O)Nc1ccc2c(c1)C(=O)N([C@@H](C)CO)C[C@H](C)[C@H](CN(C)C(=O)NC1CCCCC1)OCCCC[C@H](C)O2. The lowest BCUT2D eigenvalue weighted by Crippen LogP contribution is -2.50. The van der Waals surface area contributed by atoms with Gasteiger partial charge in [-0.2, -0.15) is 0 Å². The topological polar surface area (TPSA) is 164 Å². The Kier molecular flexibility index (Phi) is 13.1. The number of ether oxygens (including phenoxy) is 2. The van der Waals surface area contributed by atoms with Crippen LogP contribution in [-0.4, -0.2) is 98.1 Å². The van der Waals surface area contributed by atoms with Gasteiger partial charge in [-0.05, 0) is 78.0 Å². The molecule has 1 aliphatic heterocycles. The monoisotopic (exact) mass is 691 g/mol. The van der Waals surface area contributed by atoms with Gasteiger partial charge in [0, 0.05) is 44.4 Å². The van der Waals surface area contributed by atoms with Crippen molar-refractivity contribution in [2.24, 2.45) is 5.92 Å². The van der Waals surface area contributed by atoms with E-state index in [9.17, 15) is 23.1 Å². The molecule has 3 amide bonds. The number of likely N-dealkylation sites (N-methyl/N-ethyl adjacent to an activating group) is 1. The molecule has 2 aromatic rings. The summed E-state index contributed by atoms with van der Waals surface area (Å²) in [6.07, 6.45) is 7.11. The summed E-state index contributed by atoms with van der Waals surface area (Å²) < 4.78 is 46.9. The molecule has 2 heterocycles. The van der Waals surface area contributed by atoms with Gasteiger partial charge >= 0.3 is 6.03 Å². The molecule has 2 aliphatic rings. The van der Waals surface area contributed by atoms with Crippen molar-refractivity contribution < 1.29 is 37.1 Å². The molecule has 0 unspecified atom stereocenters. The van der Waals surface area contributed by atoms with E-state index in [0.717, 1.165) is 38.5 Å². The maximum Gasteiger partial charge on any atom is 0.317 e. The van der Waals surface area contributed by atoms with E-state index in [-0.39, 0.29) is 71.0 Å². The summed E-state index contributed by atoms with van der Waals surface area (Å²) in [7, 11) is -2.32. The van der Waals surface area contributed by atoms with Gasteiger partial charge in [-0.25, -0.2) is 13.2 Å². The standard InChI is InChI=1S/C34H53N5O8S/c1-22-19-39(23(2)21-40)33(41)29-18-28(37-48(43,44)32-25(4)36-47-26(32)5)15-16-30(29)46-24(3)12-10-11-17-45-31(22)20-38(6)34(42)35-27-13-8-7-9-14-27/h15-16,18,22-24,27,31,37,40H,7-14,17,19-21H2,1-6H3,(H,35,42)/t22-,23-,24-,31-/m0/s1. The highest BCUT2D eigenvalue weighted by atomic mass is 32.2. The first kappa shape index (κ1) is 37.5. The van der Waals surface area contributed by atoms with Gasteiger partial charge in [-0.3, -0.25) is 9.52 Å². The van der Waals surface area contributed by atoms with E-state index in [4.69, 9.17) is 14.0 Å². The number of aromatic nitrogens is 1. The number of benzene rings is 1. The van der Waals surface area contributed by atoms with Gasteiger partial charge in [0.15, 0.2) is 10.7 Å². The van der Waals surface area contributed by atoms with Crippen molar-refractivity contribution in [3.05, 3.63) is 35.2 Å². The highest BCUT2D eigenvalue weighted by Gasteiger charge is 2.32. The van der Waals surface area contributed by atoms with Crippen LogP contribution in [0.25, 0.3) is 0 Å². The molecule has 0 radical (unpaired) electrons. The molecule has 4 rings (SSSR count). The Labute approximate surface area is 284 Å². The van der Waals surface area contributed by atoms with Gasteiger partial charge in [-0.15, -0.1) is 0 Å². The normalized spacial score (nSPS) is 22.6. The van der Waals surface area contributed by atoms with Crippen LogP contribution in [0, 0.1) is 19.8 Å². The van der Waals surface area contributed by atoms with Crippen molar-refractivity contribution in [1.29, 1.82) is 0 Å². The van der Waals surface area contributed by atoms with Gasteiger partial charge in [-0.1, -0.05) is 31.3 Å². The largest absolute Gasteiger partial charge is 0.490 e. The summed E-state index contributed by atoms with van der Waals surface area (Å²) >= 11 is 0. The molecule has 268 valence electrons. The second-order valence-corrected chi connectivity index (χ2v) is 15.1. The van der Waals surface area contributed by atoms with Crippen LogP contribution in [0.3, 0.4) is 0 Å². The second-order valence-electron chi connectivity index (χ2n) is 13.4. The molecule has 48 heavy (non-hydrogen) atoms. The zero-order valence-electron chi connectivity index (χ0n) is 29.2. The van der Waals surface area contributed by atoms with Crippen molar-refractivity contribution in [1.82, 2.24) is 20.3 Å². The predicted molar refractivity (Wildman–Crippen MR) is 182 cm³/mol. The minimum Gasteiger partial charge on any atom is -0.490 e. The highest BCUT2D eigenvalue weighted by Crippen LogP contribution is 2.30. The van der Waals surface area contributed by atoms with Crippen LogP contribution in [-0.2, 0) is 14.8 Å². The van der Waals surface area contributed by atoms with E-state index in [1.807, 2.05) is 13.8 Å². The molecule has 13 nitrogen and oxygen atoms in total. The summed E-state index contributed by atoms with van der Waals surface area (Å²) in [6, 6.07) is 4.08. The van der Waals surface area contributed by atoms with Gasteiger partial charge in [0.1, 0.15) is 11.4 Å². The number of rotatable bonds is 8. The number of nitrogens with zero attached hydrogens (tertiary/aromatic N) is 3. The summed E-state index contributed by atoms with van der Waals surface area (Å²) in [5.41, 5.74) is 0.542. The van der Waals surface area contributed by atoms with Crippen LogP contribution in [0.4, 0.5) is 10.5 Å². The van der Waals surface area contributed by atoms with Gasteiger partial charge in [0.2, 0.25) is 0 Å². The predicted octanol–water partition coefficient (Wildman–Crippen LogP) is 4.86. The van der Waals surface area contributed by atoms with E-state index in [1.54, 1.807) is 42.8 Å². The van der Waals surface area contributed by atoms with Crippen LogP contribution in [0.15, 0.2) is 27.6 Å². The molecule has 1 aromatic heterocycles. The number of carbonyl (C=O) groups excluding carboxylic acids is 2. The lowest BCUT2D eigenvalue weighted by Gasteiger charge is -2.36. The van der Waals surface area contributed by atoms with Crippen molar-refractivity contribution in [3.8, 4) is 5.75 Å². The number of anilines is 1. The molecule has 1 aromatic carbocycles. The van der Waals surface area contributed by atoms with Crippen LogP contribution >= 0.6 is 0 Å². The van der Waals surface area contributed by atoms with Gasteiger partial charge < -0.3 is 34.2 Å². The number of hydrogen-bond acceptors (Lipinski definition) is 9. The summed E-state index contributed by atoms with van der Waals surface area (Å²) in [5, 5.41) is 17.2. The number of fused-ring (bicyclic) bond motifs is 1. The third-order valence-electron chi connectivity index (χ3n) is 9.27. The maximum atomic E-state index is 14.4. The van der Waals surface area contributed by atoms with E-state index in [0.29, 0.717) is 25.3 Å². The Morgan fingerprint density at radius 1 is 1.12 bits per heavy atom. The molecule has 14 heteroatoms. The van der Waals surface area contributed by atoms with Gasteiger partial charge in [0.05, 0.1) is 30.4 Å². The average Bonchev–Trinajstić information content (AvgIpc) is 3.40. The summed E-state index contributed by atoms with van der Waals surface area (Å²) in [5.74, 6) is -0.180. The fraction of sp³-hybridized carbons (Fsp3) is 0.676.